The number of ether oxygens (including phenoxy) is 2. The summed E-state index contributed by atoms with van der Waals surface area (Å²) in [5.41, 5.74) is 1.78. The lowest BCUT2D eigenvalue weighted by atomic mass is 10.2. The van der Waals surface area contributed by atoms with E-state index in [0.29, 0.717) is 18.8 Å². The van der Waals surface area contributed by atoms with Crippen LogP contribution in [-0.4, -0.2) is 36.2 Å². The average molecular weight is 364 g/mol. The largest absolute Gasteiger partial charge is 0.492 e. The van der Waals surface area contributed by atoms with Gasteiger partial charge in [-0.05, 0) is 31.5 Å². The van der Waals surface area contributed by atoms with Gasteiger partial charge in [-0.3, -0.25) is 19.0 Å². The Morgan fingerprint density at radius 3 is 2.76 bits per heavy atom. The molecule has 1 N–H and O–H groups in total. The van der Waals surface area contributed by atoms with Gasteiger partial charge < -0.3 is 14.8 Å². The van der Waals surface area contributed by atoms with Crippen LogP contribution in [0.2, 0.25) is 0 Å². The third-order valence-electron chi connectivity index (χ3n) is 3.31. The molecule has 0 aliphatic rings. The minimum absolute atomic E-state index is 0.197. The second-order valence-corrected chi connectivity index (χ2v) is 6.23. The van der Waals surface area contributed by atoms with E-state index in [-0.39, 0.29) is 18.0 Å². The van der Waals surface area contributed by atoms with E-state index < -0.39 is 11.9 Å². The first kappa shape index (κ1) is 18.7. The molecule has 7 nitrogen and oxygen atoms in total. The highest BCUT2D eigenvalue weighted by molar-refractivity contribution is 7.07. The van der Waals surface area contributed by atoms with Gasteiger partial charge in [0.2, 0.25) is 0 Å². The number of esters is 1. The van der Waals surface area contributed by atoms with Crippen molar-refractivity contribution < 1.29 is 19.1 Å². The van der Waals surface area contributed by atoms with Gasteiger partial charge >= 0.3 is 10.8 Å². The molecule has 0 saturated heterocycles. The van der Waals surface area contributed by atoms with Gasteiger partial charge in [0.05, 0.1) is 6.54 Å². The van der Waals surface area contributed by atoms with Gasteiger partial charge in [-0.2, -0.15) is 0 Å². The molecule has 0 aliphatic heterocycles. The Kier molecular flexibility index (Phi) is 6.76. The number of aromatic nitrogens is 1. The van der Waals surface area contributed by atoms with Crippen molar-refractivity contribution in [3.63, 3.8) is 0 Å². The number of thiazole rings is 1. The summed E-state index contributed by atoms with van der Waals surface area (Å²) in [7, 11) is 0. The summed E-state index contributed by atoms with van der Waals surface area (Å²) in [5, 5.41) is 4.26. The molecule has 0 bridgehead atoms. The minimum Gasteiger partial charge on any atom is -0.492 e. The fraction of sp³-hybridized carbons (Fsp3) is 0.353. The number of amides is 1. The highest BCUT2D eigenvalue weighted by Gasteiger charge is 2.11. The monoisotopic (exact) mass is 364 g/mol. The fourth-order valence-corrected chi connectivity index (χ4v) is 2.77. The zero-order valence-corrected chi connectivity index (χ0v) is 14.9. The smallest absolute Gasteiger partial charge is 0.326 e. The van der Waals surface area contributed by atoms with Crippen LogP contribution in [-0.2, 0) is 20.9 Å². The van der Waals surface area contributed by atoms with Crippen LogP contribution < -0.4 is 14.9 Å². The lowest BCUT2D eigenvalue weighted by Crippen LogP contribution is -2.33. The second kappa shape index (κ2) is 9.03. The molecule has 1 amide bonds. The summed E-state index contributed by atoms with van der Waals surface area (Å²) < 4.78 is 11.7. The first-order valence-electron chi connectivity index (χ1n) is 7.72. The Morgan fingerprint density at radius 1 is 1.28 bits per heavy atom. The molecule has 25 heavy (non-hydrogen) atoms. The first-order valence-corrected chi connectivity index (χ1v) is 8.60. The number of nitrogens with one attached hydrogen (secondary N) is 1. The third kappa shape index (κ3) is 6.07. The van der Waals surface area contributed by atoms with E-state index in [2.05, 4.69) is 5.32 Å². The maximum atomic E-state index is 11.7. The second-order valence-electron chi connectivity index (χ2n) is 5.40. The summed E-state index contributed by atoms with van der Waals surface area (Å²) in [5.74, 6) is -0.317. The van der Waals surface area contributed by atoms with Crippen molar-refractivity contribution in [1.82, 2.24) is 9.88 Å². The Balaban J connectivity index is 1.63. The predicted octanol–water partition coefficient (Wildman–Crippen LogP) is 1.27. The van der Waals surface area contributed by atoms with Crippen LogP contribution in [0.1, 0.15) is 11.3 Å². The number of benzene rings is 1. The van der Waals surface area contributed by atoms with E-state index in [1.807, 2.05) is 31.2 Å². The number of hydrogen-bond donors (Lipinski definition) is 1. The molecular formula is C17H20N2O5S. The van der Waals surface area contributed by atoms with Crippen molar-refractivity contribution in [3.05, 3.63) is 50.6 Å². The molecule has 1 aromatic heterocycles. The zero-order valence-electron chi connectivity index (χ0n) is 14.1. The van der Waals surface area contributed by atoms with E-state index in [0.717, 1.165) is 22.6 Å². The molecule has 8 heteroatoms. The highest BCUT2D eigenvalue weighted by atomic mass is 32.1. The zero-order chi connectivity index (χ0) is 18.2. The Hall–Kier alpha value is -2.61. The minimum atomic E-state index is -0.630. The molecule has 0 unspecified atom stereocenters. The van der Waals surface area contributed by atoms with Crippen molar-refractivity contribution >= 4 is 23.2 Å². The highest BCUT2D eigenvalue weighted by Crippen LogP contribution is 2.11. The number of nitrogens with zero attached hydrogens (tertiary/aromatic N) is 1. The maximum Gasteiger partial charge on any atom is 0.326 e. The van der Waals surface area contributed by atoms with Gasteiger partial charge in [-0.15, -0.1) is 0 Å². The molecule has 134 valence electrons. The summed E-state index contributed by atoms with van der Waals surface area (Å²) in [6.45, 7) is 3.72. The maximum absolute atomic E-state index is 11.7. The van der Waals surface area contributed by atoms with Crippen molar-refractivity contribution in [2.75, 3.05) is 19.8 Å². The summed E-state index contributed by atoms with van der Waals surface area (Å²) in [6.07, 6.45) is 0. The van der Waals surface area contributed by atoms with Gasteiger partial charge in [0.25, 0.3) is 5.91 Å². The van der Waals surface area contributed by atoms with E-state index in [1.165, 1.54) is 4.57 Å². The van der Waals surface area contributed by atoms with Crippen LogP contribution in [0.3, 0.4) is 0 Å². The molecule has 0 fully saturated rings. The van der Waals surface area contributed by atoms with Gasteiger partial charge in [-0.25, -0.2) is 0 Å². The lowest BCUT2D eigenvalue weighted by Gasteiger charge is -2.09. The number of aryl methyl sites for hydroxylation is 2. The lowest BCUT2D eigenvalue weighted by molar-refractivity contribution is -0.149. The van der Waals surface area contributed by atoms with Crippen LogP contribution >= 0.6 is 11.3 Å². The van der Waals surface area contributed by atoms with Crippen LogP contribution in [0.4, 0.5) is 0 Å². The normalized spacial score (nSPS) is 10.3. The molecule has 0 atom stereocenters. The standard InChI is InChI=1S/C17H20N2O5S/c1-12-4-3-5-14(8-12)23-7-6-18-15(20)10-24-16(21)9-19-13(2)11-25-17(19)22/h3-5,8,11H,6-7,9-10H2,1-2H3,(H,18,20). The van der Waals surface area contributed by atoms with E-state index in [4.69, 9.17) is 9.47 Å². The Labute approximate surface area is 149 Å². The van der Waals surface area contributed by atoms with Gasteiger partial charge in [0.1, 0.15) is 18.9 Å². The van der Waals surface area contributed by atoms with Crippen LogP contribution in [0, 0.1) is 13.8 Å². The molecule has 0 spiro atoms. The SMILES string of the molecule is Cc1cccc(OCCNC(=O)COC(=O)Cn2c(C)csc2=O)c1. The molecule has 1 heterocycles. The number of carbonyl (C=O) groups excluding carboxylic acids is 2. The fourth-order valence-electron chi connectivity index (χ4n) is 2.03. The third-order valence-corrected chi connectivity index (χ3v) is 4.19. The van der Waals surface area contributed by atoms with Crippen molar-refractivity contribution in [3.8, 4) is 5.75 Å². The first-order chi connectivity index (χ1) is 12.0. The Bertz CT molecular complexity index is 796. The predicted molar refractivity (Wildman–Crippen MR) is 94.0 cm³/mol. The van der Waals surface area contributed by atoms with E-state index in [1.54, 1.807) is 12.3 Å². The molecule has 2 aromatic rings. The van der Waals surface area contributed by atoms with Gasteiger partial charge in [0, 0.05) is 11.1 Å². The Morgan fingerprint density at radius 2 is 2.08 bits per heavy atom. The molecule has 0 saturated carbocycles. The number of rotatable bonds is 8. The number of carbonyl (C=O) groups is 2. The summed E-state index contributed by atoms with van der Waals surface area (Å²) >= 11 is 1.02. The summed E-state index contributed by atoms with van der Waals surface area (Å²) in [4.78, 5) is 34.6. The van der Waals surface area contributed by atoms with Gasteiger partial charge in [0.15, 0.2) is 6.61 Å². The quantitative estimate of drug-likeness (QED) is 0.563. The van der Waals surface area contributed by atoms with Crippen molar-refractivity contribution in [2.45, 2.75) is 20.4 Å². The van der Waals surface area contributed by atoms with Crippen LogP contribution in [0.25, 0.3) is 0 Å². The summed E-state index contributed by atoms with van der Waals surface area (Å²) in [6, 6.07) is 7.60. The molecule has 2 rings (SSSR count). The van der Waals surface area contributed by atoms with Crippen molar-refractivity contribution in [2.24, 2.45) is 0 Å². The topological polar surface area (TPSA) is 86.6 Å². The van der Waals surface area contributed by atoms with E-state index in [9.17, 15) is 14.4 Å². The molecule has 0 radical (unpaired) electrons. The van der Waals surface area contributed by atoms with Crippen LogP contribution in [0.15, 0.2) is 34.4 Å². The number of hydrogen-bond acceptors (Lipinski definition) is 6. The molecule has 0 aliphatic carbocycles. The van der Waals surface area contributed by atoms with Crippen LogP contribution in [0.5, 0.6) is 5.75 Å². The molecule has 1 aromatic carbocycles. The molecular weight excluding hydrogens is 344 g/mol. The average Bonchev–Trinajstić information content (AvgIpc) is 2.89. The van der Waals surface area contributed by atoms with Gasteiger partial charge in [-0.1, -0.05) is 23.5 Å². The van der Waals surface area contributed by atoms with E-state index >= 15 is 0 Å². The van der Waals surface area contributed by atoms with Crippen molar-refractivity contribution in [1.29, 1.82) is 0 Å².